The minimum atomic E-state index is -0.314. The lowest BCUT2D eigenvalue weighted by atomic mass is 9.92. The average Bonchev–Trinajstić information content (AvgIpc) is 3.17. The maximum atomic E-state index is 9.78. The quantitative estimate of drug-likeness (QED) is 0.732. The van der Waals surface area contributed by atoms with Crippen molar-refractivity contribution in [1.29, 1.82) is 5.26 Å². The van der Waals surface area contributed by atoms with E-state index in [2.05, 4.69) is 44.0 Å². The van der Waals surface area contributed by atoms with Gasteiger partial charge in [0.05, 0.1) is 6.07 Å². The molecule has 2 saturated carbocycles. The molecule has 0 aliphatic heterocycles. The maximum Gasteiger partial charge on any atom is 0.122 e. The van der Waals surface area contributed by atoms with Gasteiger partial charge in [-0.25, -0.2) is 0 Å². The number of nitrogens with zero attached hydrogens (tertiary/aromatic N) is 2. The van der Waals surface area contributed by atoms with Crippen LogP contribution in [-0.2, 0) is 0 Å². The molecule has 2 aliphatic carbocycles. The lowest BCUT2D eigenvalue weighted by molar-refractivity contribution is 0.165. The highest BCUT2D eigenvalue weighted by atomic mass is 15.2. The lowest BCUT2D eigenvalue weighted by Gasteiger charge is -2.36. The van der Waals surface area contributed by atoms with Crippen LogP contribution in [0.3, 0.4) is 0 Å². The Morgan fingerprint density at radius 1 is 1.21 bits per heavy atom. The SMILES string of the molecule is CC(C)CN(CC(C#N)(NC(C)C)C1CC1)C1CC1. The molecule has 3 nitrogen and oxygen atoms in total. The molecule has 19 heavy (non-hydrogen) atoms. The number of rotatable bonds is 8. The van der Waals surface area contributed by atoms with E-state index in [-0.39, 0.29) is 5.54 Å². The Morgan fingerprint density at radius 3 is 2.21 bits per heavy atom. The second-order valence-corrected chi connectivity index (χ2v) is 7.21. The molecular formula is C16H29N3. The topological polar surface area (TPSA) is 39.1 Å². The average molecular weight is 263 g/mol. The molecule has 3 heteroatoms. The molecule has 0 saturated heterocycles. The zero-order valence-electron chi connectivity index (χ0n) is 12.9. The number of nitrogens with one attached hydrogen (secondary N) is 1. The fourth-order valence-electron chi connectivity index (χ4n) is 3.11. The van der Waals surface area contributed by atoms with Gasteiger partial charge in [0, 0.05) is 25.2 Å². The summed E-state index contributed by atoms with van der Waals surface area (Å²) in [5.74, 6) is 1.24. The van der Waals surface area contributed by atoms with Crippen LogP contribution < -0.4 is 5.32 Å². The summed E-state index contributed by atoms with van der Waals surface area (Å²) in [6.45, 7) is 10.9. The van der Waals surface area contributed by atoms with E-state index in [1.54, 1.807) is 0 Å². The molecule has 2 fully saturated rings. The van der Waals surface area contributed by atoms with Crippen LogP contribution in [-0.4, -0.2) is 35.6 Å². The second-order valence-electron chi connectivity index (χ2n) is 7.21. The molecule has 0 aromatic heterocycles. The highest BCUT2D eigenvalue weighted by molar-refractivity contribution is 5.18. The minimum absolute atomic E-state index is 0.314. The Kier molecular flexibility index (Phi) is 4.53. The van der Waals surface area contributed by atoms with Crippen molar-refractivity contribution < 1.29 is 0 Å². The first-order valence-corrected chi connectivity index (χ1v) is 7.90. The predicted molar refractivity (Wildman–Crippen MR) is 78.8 cm³/mol. The molecule has 1 unspecified atom stereocenters. The summed E-state index contributed by atoms with van der Waals surface area (Å²) in [5.41, 5.74) is -0.314. The van der Waals surface area contributed by atoms with Crippen LogP contribution in [0.15, 0.2) is 0 Å². The van der Waals surface area contributed by atoms with Crippen molar-refractivity contribution in [2.45, 2.75) is 71.0 Å². The Hall–Kier alpha value is -0.590. The Bertz CT molecular complexity index is 336. The van der Waals surface area contributed by atoms with Gasteiger partial charge in [-0.3, -0.25) is 10.2 Å². The van der Waals surface area contributed by atoms with E-state index in [9.17, 15) is 5.26 Å². The molecule has 0 aromatic rings. The Morgan fingerprint density at radius 2 is 1.84 bits per heavy atom. The van der Waals surface area contributed by atoms with E-state index in [0.717, 1.165) is 19.1 Å². The van der Waals surface area contributed by atoms with E-state index in [1.165, 1.54) is 25.7 Å². The normalized spacial score (nSPS) is 22.8. The van der Waals surface area contributed by atoms with Gasteiger partial charge in [0.1, 0.15) is 5.54 Å². The first kappa shape index (κ1) is 14.8. The molecule has 0 spiro atoms. The van der Waals surface area contributed by atoms with Crippen molar-refractivity contribution >= 4 is 0 Å². The van der Waals surface area contributed by atoms with Crippen molar-refractivity contribution in [3.05, 3.63) is 0 Å². The summed E-state index contributed by atoms with van der Waals surface area (Å²) in [6.07, 6.45) is 5.07. The molecule has 0 heterocycles. The van der Waals surface area contributed by atoms with Crippen LogP contribution in [0.4, 0.5) is 0 Å². The molecule has 2 rings (SSSR count). The molecule has 2 aliphatic rings. The van der Waals surface area contributed by atoms with E-state index >= 15 is 0 Å². The standard InChI is InChI=1S/C16H29N3/c1-12(2)9-19(15-7-8-15)11-16(10-17,14-5-6-14)18-13(3)4/h12-15,18H,5-9,11H2,1-4H3. The summed E-state index contributed by atoms with van der Waals surface area (Å²) >= 11 is 0. The molecule has 1 N–H and O–H groups in total. The van der Waals surface area contributed by atoms with E-state index in [0.29, 0.717) is 17.9 Å². The van der Waals surface area contributed by atoms with Crippen LogP contribution >= 0.6 is 0 Å². The molecule has 0 aromatic carbocycles. The lowest BCUT2D eigenvalue weighted by Crippen LogP contribution is -2.57. The number of hydrogen-bond donors (Lipinski definition) is 1. The molecule has 1 atom stereocenters. The highest BCUT2D eigenvalue weighted by Crippen LogP contribution is 2.41. The van der Waals surface area contributed by atoms with Crippen LogP contribution in [0.25, 0.3) is 0 Å². The molecule has 0 amide bonds. The van der Waals surface area contributed by atoms with E-state index in [1.807, 2.05) is 0 Å². The zero-order chi connectivity index (χ0) is 14.0. The van der Waals surface area contributed by atoms with Crippen molar-refractivity contribution in [3.8, 4) is 6.07 Å². The summed E-state index contributed by atoms with van der Waals surface area (Å²) in [6, 6.07) is 3.76. The van der Waals surface area contributed by atoms with Gasteiger partial charge in [0.15, 0.2) is 0 Å². The van der Waals surface area contributed by atoms with Gasteiger partial charge >= 0.3 is 0 Å². The van der Waals surface area contributed by atoms with Crippen LogP contribution in [0, 0.1) is 23.2 Å². The highest BCUT2D eigenvalue weighted by Gasteiger charge is 2.48. The summed E-state index contributed by atoms with van der Waals surface area (Å²) in [4.78, 5) is 2.57. The molecule has 0 bridgehead atoms. The summed E-state index contributed by atoms with van der Waals surface area (Å²) in [5, 5.41) is 13.4. The second kappa shape index (κ2) is 5.81. The fourth-order valence-corrected chi connectivity index (χ4v) is 3.11. The van der Waals surface area contributed by atoms with Crippen LogP contribution in [0.1, 0.15) is 53.4 Å². The predicted octanol–water partition coefficient (Wildman–Crippen LogP) is 2.78. The van der Waals surface area contributed by atoms with Gasteiger partial charge in [0.25, 0.3) is 0 Å². The molecular weight excluding hydrogens is 234 g/mol. The third kappa shape index (κ3) is 3.94. The molecule has 0 radical (unpaired) electrons. The van der Waals surface area contributed by atoms with Crippen molar-refractivity contribution in [3.63, 3.8) is 0 Å². The monoisotopic (exact) mass is 263 g/mol. The van der Waals surface area contributed by atoms with E-state index < -0.39 is 0 Å². The summed E-state index contributed by atoms with van der Waals surface area (Å²) in [7, 11) is 0. The van der Waals surface area contributed by atoms with Crippen LogP contribution in [0.5, 0.6) is 0 Å². The van der Waals surface area contributed by atoms with E-state index in [4.69, 9.17) is 0 Å². The first-order valence-electron chi connectivity index (χ1n) is 7.90. The van der Waals surface area contributed by atoms with Crippen molar-refractivity contribution in [2.24, 2.45) is 11.8 Å². The van der Waals surface area contributed by atoms with Gasteiger partial charge in [-0.1, -0.05) is 13.8 Å². The minimum Gasteiger partial charge on any atom is -0.297 e. The number of hydrogen-bond acceptors (Lipinski definition) is 3. The van der Waals surface area contributed by atoms with Gasteiger partial charge in [-0.2, -0.15) is 5.26 Å². The molecule has 108 valence electrons. The summed E-state index contributed by atoms with van der Waals surface area (Å²) < 4.78 is 0. The smallest absolute Gasteiger partial charge is 0.122 e. The maximum absolute atomic E-state index is 9.78. The Labute approximate surface area is 118 Å². The fraction of sp³-hybridized carbons (Fsp3) is 0.938. The first-order chi connectivity index (χ1) is 8.97. The largest absolute Gasteiger partial charge is 0.297 e. The van der Waals surface area contributed by atoms with Gasteiger partial charge in [-0.05, 0) is 51.4 Å². The third-order valence-corrected chi connectivity index (χ3v) is 4.14. The number of nitriles is 1. The van der Waals surface area contributed by atoms with Crippen molar-refractivity contribution in [2.75, 3.05) is 13.1 Å². The zero-order valence-corrected chi connectivity index (χ0v) is 12.9. The Balaban J connectivity index is 2.06. The van der Waals surface area contributed by atoms with Gasteiger partial charge < -0.3 is 0 Å². The van der Waals surface area contributed by atoms with Gasteiger partial charge in [-0.15, -0.1) is 0 Å². The van der Waals surface area contributed by atoms with Gasteiger partial charge in [0.2, 0.25) is 0 Å². The van der Waals surface area contributed by atoms with Crippen molar-refractivity contribution in [1.82, 2.24) is 10.2 Å². The third-order valence-electron chi connectivity index (χ3n) is 4.14. The van der Waals surface area contributed by atoms with Crippen LogP contribution in [0.2, 0.25) is 0 Å².